The van der Waals surface area contributed by atoms with Crippen molar-refractivity contribution in [3.8, 4) is 11.5 Å². The maximum Gasteiger partial charge on any atom is 0.416 e. The summed E-state index contributed by atoms with van der Waals surface area (Å²) in [7, 11) is 0. The molecule has 23 heavy (non-hydrogen) atoms. The summed E-state index contributed by atoms with van der Waals surface area (Å²) in [5, 5.41) is 3.59. The molecule has 2 rings (SSSR count). The third-order valence-corrected chi connectivity index (χ3v) is 2.69. The van der Waals surface area contributed by atoms with E-state index >= 15 is 0 Å². The van der Waals surface area contributed by atoms with Gasteiger partial charge in [0, 0.05) is 0 Å². The summed E-state index contributed by atoms with van der Waals surface area (Å²) in [5.41, 5.74) is 6.84. The summed E-state index contributed by atoms with van der Waals surface area (Å²) in [6, 6.07) is 10.2. The number of benzene rings is 2. The molecule has 5 nitrogen and oxygen atoms in total. The van der Waals surface area contributed by atoms with Gasteiger partial charge in [-0.05, 0) is 54.1 Å². The van der Waals surface area contributed by atoms with Gasteiger partial charge in [-0.15, -0.1) is 0 Å². The van der Waals surface area contributed by atoms with Crippen LogP contribution in [0.15, 0.2) is 53.6 Å². The van der Waals surface area contributed by atoms with Crippen molar-refractivity contribution in [3.05, 3.63) is 59.7 Å². The highest BCUT2D eigenvalue weighted by Crippen LogP contribution is 2.31. The number of carbonyl (C=O) groups excluding carboxylic acids is 1. The lowest BCUT2D eigenvalue weighted by atomic mass is 10.2. The van der Waals surface area contributed by atoms with Crippen molar-refractivity contribution in [2.45, 2.75) is 6.18 Å². The molecule has 2 aromatic carbocycles. The predicted octanol–water partition coefficient (Wildman–Crippen LogP) is 3.50. The molecule has 0 atom stereocenters. The number of hydrazone groups is 1. The second-order valence-corrected chi connectivity index (χ2v) is 4.43. The lowest BCUT2D eigenvalue weighted by Crippen LogP contribution is -2.24. The van der Waals surface area contributed by atoms with E-state index in [4.69, 9.17) is 10.5 Å². The van der Waals surface area contributed by atoms with Crippen LogP contribution in [-0.4, -0.2) is 12.2 Å². The van der Waals surface area contributed by atoms with E-state index < -0.39 is 17.8 Å². The van der Waals surface area contributed by atoms with Crippen LogP contribution >= 0.6 is 0 Å². The van der Waals surface area contributed by atoms with Crippen LogP contribution in [0.5, 0.6) is 11.5 Å². The van der Waals surface area contributed by atoms with Gasteiger partial charge in [0.25, 0.3) is 0 Å². The number of carbonyl (C=O) groups is 1. The Morgan fingerprint density at radius 1 is 1.04 bits per heavy atom. The number of amides is 2. The maximum absolute atomic E-state index is 12.5. The van der Waals surface area contributed by atoms with Gasteiger partial charge in [0.1, 0.15) is 11.5 Å². The second-order valence-electron chi connectivity index (χ2n) is 4.43. The van der Waals surface area contributed by atoms with Crippen LogP contribution in [0.1, 0.15) is 11.1 Å². The van der Waals surface area contributed by atoms with E-state index in [9.17, 15) is 18.0 Å². The summed E-state index contributed by atoms with van der Waals surface area (Å²) in [5.74, 6) is 0.736. The second kappa shape index (κ2) is 6.82. The topological polar surface area (TPSA) is 76.7 Å². The quantitative estimate of drug-likeness (QED) is 0.667. The standard InChI is InChI=1S/C15H12F3N3O2/c16-15(17,18)11-3-7-13(8-4-11)23-12-5-1-10(2-6-12)9-20-21-14(19)22/h1-9H,(H3,19,21,22)/b20-9+. The zero-order valence-corrected chi connectivity index (χ0v) is 11.7. The Morgan fingerprint density at radius 2 is 1.57 bits per heavy atom. The van der Waals surface area contributed by atoms with Crippen molar-refractivity contribution in [1.29, 1.82) is 0 Å². The molecule has 0 saturated carbocycles. The number of hydrogen-bond donors (Lipinski definition) is 2. The van der Waals surface area contributed by atoms with Crippen molar-refractivity contribution < 1.29 is 22.7 Å². The highest BCUT2D eigenvalue weighted by molar-refractivity contribution is 5.81. The molecule has 0 bridgehead atoms. The number of hydrogen-bond acceptors (Lipinski definition) is 3. The Labute approximate surface area is 129 Å². The molecule has 2 aromatic rings. The molecule has 0 aliphatic heterocycles. The molecule has 0 fully saturated rings. The monoisotopic (exact) mass is 323 g/mol. The largest absolute Gasteiger partial charge is 0.457 e. The van der Waals surface area contributed by atoms with Crippen LogP contribution in [0.3, 0.4) is 0 Å². The Bertz CT molecular complexity index is 695. The maximum atomic E-state index is 12.5. The fourth-order valence-corrected chi connectivity index (χ4v) is 1.64. The number of nitrogens with one attached hydrogen (secondary N) is 1. The van der Waals surface area contributed by atoms with Gasteiger partial charge in [-0.2, -0.15) is 18.3 Å². The van der Waals surface area contributed by atoms with Gasteiger partial charge >= 0.3 is 12.2 Å². The predicted molar refractivity (Wildman–Crippen MR) is 78.3 cm³/mol. The number of halogens is 3. The van der Waals surface area contributed by atoms with E-state index in [2.05, 4.69) is 10.5 Å². The van der Waals surface area contributed by atoms with Crippen LogP contribution < -0.4 is 15.9 Å². The van der Waals surface area contributed by atoms with Crippen LogP contribution in [-0.2, 0) is 6.18 Å². The van der Waals surface area contributed by atoms with Crippen LogP contribution in [0.4, 0.5) is 18.0 Å². The van der Waals surface area contributed by atoms with Crippen molar-refractivity contribution in [2.75, 3.05) is 0 Å². The van der Waals surface area contributed by atoms with Gasteiger partial charge < -0.3 is 10.5 Å². The number of alkyl halides is 3. The molecule has 0 unspecified atom stereocenters. The van der Waals surface area contributed by atoms with Crippen LogP contribution in [0, 0.1) is 0 Å². The molecule has 0 aliphatic carbocycles. The van der Waals surface area contributed by atoms with Gasteiger partial charge in [-0.3, -0.25) is 0 Å². The molecule has 0 aliphatic rings. The van der Waals surface area contributed by atoms with Gasteiger partial charge in [0.2, 0.25) is 0 Å². The molecule has 0 saturated heterocycles. The summed E-state index contributed by atoms with van der Waals surface area (Å²) >= 11 is 0. The zero-order valence-electron chi connectivity index (χ0n) is 11.7. The highest BCUT2D eigenvalue weighted by atomic mass is 19.4. The number of urea groups is 1. The third kappa shape index (κ3) is 5.03. The molecule has 0 aromatic heterocycles. The van der Waals surface area contributed by atoms with E-state index in [0.717, 1.165) is 12.1 Å². The molecule has 8 heteroatoms. The minimum Gasteiger partial charge on any atom is -0.457 e. The number of nitrogens with zero attached hydrogens (tertiary/aromatic N) is 1. The summed E-state index contributed by atoms with van der Waals surface area (Å²) in [6.45, 7) is 0. The first-order valence-corrected chi connectivity index (χ1v) is 6.38. The van der Waals surface area contributed by atoms with Gasteiger partial charge in [-0.25, -0.2) is 10.2 Å². The Morgan fingerprint density at radius 3 is 2.04 bits per heavy atom. The number of ether oxygens (including phenoxy) is 1. The Balaban J connectivity index is 2.00. The van der Waals surface area contributed by atoms with Gasteiger partial charge in [-0.1, -0.05) is 0 Å². The van der Waals surface area contributed by atoms with E-state index in [1.807, 2.05) is 0 Å². The molecule has 0 spiro atoms. The zero-order chi connectivity index (χ0) is 16.9. The van der Waals surface area contributed by atoms with Gasteiger partial charge in [0.15, 0.2) is 0 Å². The van der Waals surface area contributed by atoms with E-state index in [-0.39, 0.29) is 5.75 Å². The van der Waals surface area contributed by atoms with Crippen molar-refractivity contribution in [1.82, 2.24) is 5.43 Å². The van der Waals surface area contributed by atoms with Crippen molar-refractivity contribution in [3.63, 3.8) is 0 Å². The van der Waals surface area contributed by atoms with E-state index in [1.165, 1.54) is 18.3 Å². The van der Waals surface area contributed by atoms with E-state index in [1.54, 1.807) is 24.3 Å². The van der Waals surface area contributed by atoms with Crippen molar-refractivity contribution in [2.24, 2.45) is 10.8 Å². The molecular formula is C15H12F3N3O2. The SMILES string of the molecule is NC(=O)N/N=C/c1ccc(Oc2ccc(C(F)(F)F)cc2)cc1. The van der Waals surface area contributed by atoms with E-state index in [0.29, 0.717) is 11.3 Å². The highest BCUT2D eigenvalue weighted by Gasteiger charge is 2.30. The lowest BCUT2D eigenvalue weighted by molar-refractivity contribution is -0.137. The summed E-state index contributed by atoms with van der Waals surface area (Å²) < 4.78 is 42.8. The molecule has 0 radical (unpaired) electrons. The normalized spacial score (nSPS) is 11.4. The first kappa shape index (κ1) is 16.3. The summed E-state index contributed by atoms with van der Waals surface area (Å²) in [6.07, 6.45) is -2.99. The molecular weight excluding hydrogens is 311 g/mol. The Hall–Kier alpha value is -3.03. The molecule has 120 valence electrons. The van der Waals surface area contributed by atoms with Crippen LogP contribution in [0.2, 0.25) is 0 Å². The lowest BCUT2D eigenvalue weighted by Gasteiger charge is -2.09. The fraction of sp³-hybridized carbons (Fsp3) is 0.0667. The molecule has 2 amide bonds. The molecule has 0 heterocycles. The first-order valence-electron chi connectivity index (χ1n) is 6.38. The first-order chi connectivity index (χ1) is 10.8. The third-order valence-electron chi connectivity index (χ3n) is 2.69. The smallest absolute Gasteiger partial charge is 0.416 e. The Kier molecular flexibility index (Phi) is 4.85. The molecule has 3 N–H and O–H groups in total. The van der Waals surface area contributed by atoms with Gasteiger partial charge in [0.05, 0.1) is 11.8 Å². The van der Waals surface area contributed by atoms with Crippen molar-refractivity contribution >= 4 is 12.2 Å². The number of primary amides is 1. The average molecular weight is 323 g/mol. The fourth-order valence-electron chi connectivity index (χ4n) is 1.64. The number of rotatable bonds is 4. The average Bonchev–Trinajstić information content (AvgIpc) is 2.48. The number of nitrogens with two attached hydrogens (primary N) is 1. The van der Waals surface area contributed by atoms with Crippen LogP contribution in [0.25, 0.3) is 0 Å². The summed E-state index contributed by atoms with van der Waals surface area (Å²) in [4.78, 5) is 10.4. The minimum atomic E-state index is -4.38. The minimum absolute atomic E-state index is 0.287.